The van der Waals surface area contributed by atoms with E-state index in [1.165, 1.54) is 0 Å². The smallest absolute Gasteiger partial charge is 0.458 e. The fourth-order valence-corrected chi connectivity index (χ4v) is 1.23. The van der Waals surface area contributed by atoms with Gasteiger partial charge in [0.2, 0.25) is 0 Å². The van der Waals surface area contributed by atoms with E-state index in [0.29, 0.717) is 6.08 Å². The number of carboxylic acids is 1. The molecule has 0 spiro atoms. The molecule has 0 saturated carbocycles. The predicted octanol–water partition coefficient (Wildman–Crippen LogP) is 4.83. The van der Waals surface area contributed by atoms with E-state index in [4.69, 9.17) is 5.11 Å². The van der Waals surface area contributed by atoms with Crippen LogP contribution in [0.25, 0.3) is 0 Å². The maximum atomic E-state index is 13.2. The van der Waals surface area contributed by atoms with Crippen molar-refractivity contribution < 1.29 is 62.9 Å². The summed E-state index contributed by atoms with van der Waals surface area (Å²) in [4.78, 5) is 10.3. The van der Waals surface area contributed by atoms with Gasteiger partial charge in [0.05, 0.1) is 0 Å². The summed E-state index contributed by atoms with van der Waals surface area (Å²) in [5.74, 6) is -14.3. The van der Waals surface area contributed by atoms with Crippen molar-refractivity contribution in [1.29, 1.82) is 0 Å². The zero-order valence-corrected chi connectivity index (χ0v) is 11.9. The standard InChI is InChI=1S/C11H9F11O3/c1-5(6(23)24)3-2-4-7(12,13)11(21,22)25-8(14,9(15,16)17)10(18,19)20/h3H,2,4H2,1H3,(H,23,24). The number of halogens is 11. The third-order valence-electron chi connectivity index (χ3n) is 2.67. The molecule has 148 valence electrons. The monoisotopic (exact) mass is 398 g/mol. The number of aliphatic carboxylic acids is 1. The summed E-state index contributed by atoms with van der Waals surface area (Å²) in [6.07, 6.45) is -23.6. The first kappa shape index (κ1) is 23.4. The Hall–Kier alpha value is -1.60. The molecule has 0 bridgehead atoms. The van der Waals surface area contributed by atoms with Crippen molar-refractivity contribution in [3.63, 3.8) is 0 Å². The molecule has 1 N–H and O–H groups in total. The van der Waals surface area contributed by atoms with Crippen molar-refractivity contribution in [2.75, 3.05) is 0 Å². The second kappa shape index (κ2) is 6.96. The number of rotatable bonds is 7. The Morgan fingerprint density at radius 3 is 1.64 bits per heavy atom. The van der Waals surface area contributed by atoms with Gasteiger partial charge in [0, 0.05) is 12.0 Å². The molecule has 3 nitrogen and oxygen atoms in total. The highest BCUT2D eigenvalue weighted by atomic mass is 19.4. The van der Waals surface area contributed by atoms with Crippen LogP contribution >= 0.6 is 0 Å². The summed E-state index contributed by atoms with van der Waals surface area (Å²) >= 11 is 0. The van der Waals surface area contributed by atoms with Gasteiger partial charge in [-0.3, -0.25) is 4.74 Å². The molecule has 0 heterocycles. The molecular weight excluding hydrogens is 389 g/mol. The number of carbonyl (C=O) groups is 1. The summed E-state index contributed by atoms with van der Waals surface area (Å²) in [6.45, 7) is 0.856. The number of carboxylic acid groups (broad SMARTS) is 1. The summed E-state index contributed by atoms with van der Waals surface area (Å²) in [6, 6.07) is 0. The summed E-state index contributed by atoms with van der Waals surface area (Å²) in [5.41, 5.74) is -0.606. The minimum atomic E-state index is -7.12. The molecule has 0 radical (unpaired) electrons. The highest BCUT2D eigenvalue weighted by Crippen LogP contribution is 2.52. The van der Waals surface area contributed by atoms with E-state index in [2.05, 4.69) is 0 Å². The molecule has 0 aliphatic heterocycles. The van der Waals surface area contributed by atoms with Crippen LogP contribution in [0.4, 0.5) is 48.3 Å². The van der Waals surface area contributed by atoms with Crippen molar-refractivity contribution in [2.45, 2.75) is 50.0 Å². The zero-order chi connectivity index (χ0) is 20.5. The molecule has 25 heavy (non-hydrogen) atoms. The Labute approximate surface area is 132 Å². The molecule has 0 aliphatic rings. The lowest BCUT2D eigenvalue weighted by molar-refractivity contribution is -0.503. The Kier molecular flexibility index (Phi) is 6.51. The molecular formula is C11H9F11O3. The van der Waals surface area contributed by atoms with Gasteiger partial charge in [0.15, 0.2) is 0 Å². The maximum absolute atomic E-state index is 13.2. The zero-order valence-electron chi connectivity index (χ0n) is 11.9. The minimum Gasteiger partial charge on any atom is -0.478 e. The van der Waals surface area contributed by atoms with Crippen LogP contribution in [0.2, 0.25) is 0 Å². The number of hydrogen-bond acceptors (Lipinski definition) is 2. The number of ether oxygens (including phenoxy) is 1. The molecule has 14 heteroatoms. The molecule has 0 fully saturated rings. The van der Waals surface area contributed by atoms with Gasteiger partial charge < -0.3 is 5.11 Å². The second-order valence-electron chi connectivity index (χ2n) is 4.65. The van der Waals surface area contributed by atoms with Gasteiger partial charge >= 0.3 is 36.2 Å². The molecule has 0 aliphatic carbocycles. The summed E-state index contributed by atoms with van der Waals surface area (Å²) in [5, 5.41) is 8.37. The average Bonchev–Trinajstić information content (AvgIpc) is 2.34. The van der Waals surface area contributed by atoms with Gasteiger partial charge in [-0.25, -0.2) is 4.79 Å². The van der Waals surface area contributed by atoms with Gasteiger partial charge in [-0.05, 0) is 13.3 Å². The third-order valence-corrected chi connectivity index (χ3v) is 2.67. The second-order valence-corrected chi connectivity index (χ2v) is 4.65. The van der Waals surface area contributed by atoms with Gasteiger partial charge in [0.1, 0.15) is 0 Å². The van der Waals surface area contributed by atoms with Gasteiger partial charge in [0.25, 0.3) is 0 Å². The Morgan fingerprint density at radius 2 is 1.32 bits per heavy atom. The number of allylic oxidation sites excluding steroid dienone is 1. The highest BCUT2D eigenvalue weighted by molar-refractivity contribution is 5.85. The van der Waals surface area contributed by atoms with Crippen LogP contribution in [-0.2, 0) is 9.53 Å². The normalized spacial score (nSPS) is 15.4. The molecule has 0 rings (SSSR count). The molecule has 0 atom stereocenters. The molecule has 0 saturated heterocycles. The topological polar surface area (TPSA) is 46.5 Å². The molecule has 0 aromatic rings. The van der Waals surface area contributed by atoms with E-state index in [-0.39, 0.29) is 0 Å². The summed E-state index contributed by atoms with van der Waals surface area (Å²) < 4.78 is 140. The fraction of sp³-hybridized carbons (Fsp3) is 0.727. The van der Waals surface area contributed by atoms with Crippen LogP contribution in [0.15, 0.2) is 11.6 Å². The number of hydrogen-bond donors (Lipinski definition) is 1. The number of alkyl halides is 11. The van der Waals surface area contributed by atoms with Crippen molar-refractivity contribution in [1.82, 2.24) is 0 Å². The van der Waals surface area contributed by atoms with Crippen molar-refractivity contribution in [3.05, 3.63) is 11.6 Å². The quantitative estimate of drug-likeness (QED) is 0.494. The van der Waals surface area contributed by atoms with Crippen molar-refractivity contribution in [2.24, 2.45) is 0 Å². The van der Waals surface area contributed by atoms with Gasteiger partial charge in [-0.1, -0.05) is 6.08 Å². The summed E-state index contributed by atoms with van der Waals surface area (Å²) in [7, 11) is 0. The van der Waals surface area contributed by atoms with Crippen LogP contribution in [0.5, 0.6) is 0 Å². The lowest BCUT2D eigenvalue weighted by Gasteiger charge is -2.35. The van der Waals surface area contributed by atoms with Crippen molar-refractivity contribution >= 4 is 5.97 Å². The van der Waals surface area contributed by atoms with Crippen LogP contribution < -0.4 is 0 Å². The fourth-order valence-electron chi connectivity index (χ4n) is 1.23. The van der Waals surface area contributed by atoms with E-state index in [1.54, 1.807) is 0 Å². The van der Waals surface area contributed by atoms with Crippen LogP contribution in [0.3, 0.4) is 0 Å². The molecule has 0 aromatic carbocycles. The highest BCUT2D eigenvalue weighted by Gasteiger charge is 2.79. The molecule has 0 amide bonds. The van der Waals surface area contributed by atoms with Crippen LogP contribution in [-0.4, -0.2) is 41.3 Å². The molecule has 0 unspecified atom stereocenters. The van der Waals surface area contributed by atoms with E-state index in [1.807, 2.05) is 4.74 Å². The lowest BCUT2D eigenvalue weighted by Crippen LogP contribution is -2.61. The lowest BCUT2D eigenvalue weighted by atomic mass is 10.1. The van der Waals surface area contributed by atoms with E-state index >= 15 is 0 Å². The van der Waals surface area contributed by atoms with E-state index < -0.39 is 54.6 Å². The van der Waals surface area contributed by atoms with Gasteiger partial charge in [-0.2, -0.15) is 48.3 Å². The predicted molar refractivity (Wildman–Crippen MR) is 57.6 cm³/mol. The Balaban J connectivity index is 5.51. The van der Waals surface area contributed by atoms with Crippen LogP contribution in [0, 0.1) is 0 Å². The Morgan fingerprint density at radius 1 is 0.920 bits per heavy atom. The Bertz CT molecular complexity index is 504. The van der Waals surface area contributed by atoms with E-state index in [0.717, 1.165) is 6.92 Å². The first-order valence-electron chi connectivity index (χ1n) is 5.97. The first-order chi connectivity index (χ1) is 10.8. The minimum absolute atomic E-state index is 0.461. The van der Waals surface area contributed by atoms with Crippen LogP contribution in [0.1, 0.15) is 19.8 Å². The van der Waals surface area contributed by atoms with Gasteiger partial charge in [-0.15, -0.1) is 0 Å². The SMILES string of the molecule is CC(=CCCC(F)(F)C(F)(F)OC(F)(C(F)(F)F)C(F)(F)F)C(=O)O. The molecule has 0 aromatic heterocycles. The van der Waals surface area contributed by atoms with Crippen molar-refractivity contribution in [3.8, 4) is 0 Å². The third kappa shape index (κ3) is 5.19. The average molecular weight is 398 g/mol. The van der Waals surface area contributed by atoms with E-state index in [9.17, 15) is 53.1 Å². The maximum Gasteiger partial charge on any atom is 0.458 e. The first-order valence-corrected chi connectivity index (χ1v) is 5.97. The largest absolute Gasteiger partial charge is 0.478 e.